The molecule has 1 saturated carbocycles. The molecule has 2 N–H and O–H groups in total. The number of pyridine rings is 1. The molecular formula is C20H17BrF5N5. The minimum Gasteiger partial charge on any atom is -0.366 e. The van der Waals surface area contributed by atoms with Gasteiger partial charge in [0.1, 0.15) is 23.3 Å². The molecule has 0 bridgehead atoms. The molecule has 0 aliphatic heterocycles. The van der Waals surface area contributed by atoms with Gasteiger partial charge in [0.2, 0.25) is 0 Å². The van der Waals surface area contributed by atoms with E-state index in [-0.39, 0.29) is 31.0 Å². The SMILES string of the molecule is Cc1nc(NCc2cccc(C(F)F)c2F)c2cc(Br)c(NC3CC(F)(F)C3)nc2n1. The van der Waals surface area contributed by atoms with Crippen molar-refractivity contribution < 1.29 is 22.0 Å². The van der Waals surface area contributed by atoms with Crippen LogP contribution in [-0.2, 0) is 6.54 Å². The minimum absolute atomic E-state index is 0.0680. The summed E-state index contributed by atoms with van der Waals surface area (Å²) in [4.78, 5) is 13.0. The molecule has 1 fully saturated rings. The van der Waals surface area contributed by atoms with Crippen molar-refractivity contribution in [2.24, 2.45) is 0 Å². The third-order valence-corrected chi connectivity index (χ3v) is 5.58. The van der Waals surface area contributed by atoms with Gasteiger partial charge in [0.25, 0.3) is 12.3 Å². The minimum atomic E-state index is -2.91. The predicted molar refractivity (Wildman–Crippen MR) is 110 cm³/mol. The van der Waals surface area contributed by atoms with Gasteiger partial charge in [-0.05, 0) is 28.9 Å². The van der Waals surface area contributed by atoms with Crippen LogP contribution in [-0.4, -0.2) is 26.9 Å². The van der Waals surface area contributed by atoms with Gasteiger partial charge in [-0.25, -0.2) is 36.9 Å². The second-order valence-electron chi connectivity index (χ2n) is 7.39. The van der Waals surface area contributed by atoms with E-state index in [1.807, 2.05) is 0 Å². The Labute approximate surface area is 182 Å². The van der Waals surface area contributed by atoms with E-state index in [0.717, 1.165) is 6.07 Å². The first-order valence-corrected chi connectivity index (χ1v) is 10.2. The second-order valence-corrected chi connectivity index (χ2v) is 8.24. The third-order valence-electron chi connectivity index (χ3n) is 4.97. The highest BCUT2D eigenvalue weighted by Gasteiger charge is 2.45. The van der Waals surface area contributed by atoms with Crippen LogP contribution in [0.25, 0.3) is 11.0 Å². The van der Waals surface area contributed by atoms with Gasteiger partial charge >= 0.3 is 0 Å². The summed E-state index contributed by atoms with van der Waals surface area (Å²) in [5.74, 6) is -2.52. The van der Waals surface area contributed by atoms with Crippen LogP contribution in [0.2, 0.25) is 0 Å². The fourth-order valence-electron chi connectivity index (χ4n) is 3.42. The van der Waals surface area contributed by atoms with E-state index in [9.17, 15) is 22.0 Å². The lowest BCUT2D eigenvalue weighted by molar-refractivity contribution is -0.0794. The van der Waals surface area contributed by atoms with E-state index in [4.69, 9.17) is 0 Å². The molecule has 2 aromatic heterocycles. The lowest BCUT2D eigenvalue weighted by atomic mass is 9.88. The lowest BCUT2D eigenvalue weighted by Gasteiger charge is -2.35. The Bertz CT molecular complexity index is 1130. The van der Waals surface area contributed by atoms with Crippen molar-refractivity contribution in [1.29, 1.82) is 0 Å². The average Bonchev–Trinajstić information content (AvgIpc) is 2.66. The van der Waals surface area contributed by atoms with Crippen molar-refractivity contribution in [2.75, 3.05) is 10.6 Å². The van der Waals surface area contributed by atoms with Crippen LogP contribution < -0.4 is 10.6 Å². The van der Waals surface area contributed by atoms with Crippen LogP contribution in [0.5, 0.6) is 0 Å². The van der Waals surface area contributed by atoms with Crippen LogP contribution in [0.15, 0.2) is 28.7 Å². The number of hydrogen-bond donors (Lipinski definition) is 2. The van der Waals surface area contributed by atoms with Gasteiger partial charge in [0.15, 0.2) is 5.65 Å². The van der Waals surface area contributed by atoms with Crippen molar-refractivity contribution in [3.05, 3.63) is 51.5 Å². The zero-order valence-electron chi connectivity index (χ0n) is 16.2. The maximum atomic E-state index is 14.3. The molecule has 5 nitrogen and oxygen atoms in total. The van der Waals surface area contributed by atoms with Crippen molar-refractivity contribution in [2.45, 2.75) is 44.7 Å². The number of nitrogens with one attached hydrogen (secondary N) is 2. The van der Waals surface area contributed by atoms with E-state index >= 15 is 0 Å². The largest absolute Gasteiger partial charge is 0.366 e. The number of aryl methyl sites for hydroxylation is 1. The van der Waals surface area contributed by atoms with Crippen molar-refractivity contribution >= 4 is 38.6 Å². The molecule has 0 saturated heterocycles. The molecule has 2 heterocycles. The number of anilines is 2. The number of nitrogens with zero attached hydrogens (tertiary/aromatic N) is 3. The smallest absolute Gasteiger partial charge is 0.266 e. The summed E-state index contributed by atoms with van der Waals surface area (Å²) >= 11 is 3.37. The third kappa shape index (κ3) is 4.56. The summed E-state index contributed by atoms with van der Waals surface area (Å²) in [6.07, 6.45) is -3.44. The maximum absolute atomic E-state index is 14.3. The standard InChI is InChI=1S/C20H17BrF5N5/c1-9-28-17(27-8-10-3-2-4-12(15(10)22)16(23)24)13-5-14(21)19(31-18(13)29-9)30-11-6-20(25,26)7-11/h2-5,11,16H,6-8H2,1H3,(H2,27,28,29,30,31). The summed E-state index contributed by atoms with van der Waals surface area (Å²) in [5.41, 5.74) is -0.281. The van der Waals surface area contributed by atoms with Crippen molar-refractivity contribution in [1.82, 2.24) is 15.0 Å². The van der Waals surface area contributed by atoms with Crippen LogP contribution in [0.3, 0.4) is 0 Å². The molecule has 1 aliphatic rings. The van der Waals surface area contributed by atoms with Crippen LogP contribution in [0.4, 0.5) is 33.6 Å². The van der Waals surface area contributed by atoms with Gasteiger partial charge in [-0.1, -0.05) is 18.2 Å². The Balaban J connectivity index is 1.60. The van der Waals surface area contributed by atoms with Crippen LogP contribution >= 0.6 is 15.9 Å². The first kappa shape index (κ1) is 21.7. The number of rotatable bonds is 6. The molecule has 1 aliphatic carbocycles. The Hall–Kier alpha value is -2.56. The monoisotopic (exact) mass is 501 g/mol. The van der Waals surface area contributed by atoms with Gasteiger partial charge in [-0.15, -0.1) is 0 Å². The van der Waals surface area contributed by atoms with Gasteiger partial charge < -0.3 is 10.6 Å². The summed E-state index contributed by atoms with van der Waals surface area (Å²) in [6, 6.07) is 5.11. The Morgan fingerprint density at radius 1 is 1.16 bits per heavy atom. The van der Waals surface area contributed by atoms with E-state index in [2.05, 4.69) is 41.5 Å². The van der Waals surface area contributed by atoms with Crippen molar-refractivity contribution in [3.63, 3.8) is 0 Å². The molecule has 0 radical (unpaired) electrons. The number of hydrogen-bond acceptors (Lipinski definition) is 5. The quantitative estimate of drug-likeness (QED) is 0.406. The number of fused-ring (bicyclic) bond motifs is 1. The lowest BCUT2D eigenvalue weighted by Crippen LogP contribution is -2.44. The summed E-state index contributed by atoms with van der Waals surface area (Å²) in [5, 5.41) is 6.44. The zero-order chi connectivity index (χ0) is 22.3. The molecule has 0 unspecified atom stereocenters. The molecular weight excluding hydrogens is 485 g/mol. The second kappa shape index (κ2) is 8.18. The molecule has 0 spiro atoms. The molecule has 31 heavy (non-hydrogen) atoms. The van der Waals surface area contributed by atoms with Gasteiger partial charge in [-0.3, -0.25) is 0 Å². The normalized spacial score (nSPS) is 15.9. The van der Waals surface area contributed by atoms with Crippen molar-refractivity contribution in [3.8, 4) is 0 Å². The Morgan fingerprint density at radius 2 is 1.90 bits per heavy atom. The Morgan fingerprint density at radius 3 is 2.58 bits per heavy atom. The Kier molecular flexibility index (Phi) is 5.71. The topological polar surface area (TPSA) is 62.7 Å². The summed E-state index contributed by atoms with van der Waals surface area (Å²) in [7, 11) is 0. The molecule has 1 aromatic carbocycles. The van der Waals surface area contributed by atoms with Gasteiger partial charge in [0.05, 0.1) is 15.4 Å². The van der Waals surface area contributed by atoms with Gasteiger partial charge in [-0.2, -0.15) is 0 Å². The molecule has 0 amide bonds. The van der Waals surface area contributed by atoms with E-state index in [1.165, 1.54) is 12.1 Å². The molecule has 0 atom stereocenters. The number of benzene rings is 1. The fraction of sp³-hybridized carbons (Fsp3) is 0.350. The maximum Gasteiger partial charge on any atom is 0.266 e. The summed E-state index contributed by atoms with van der Waals surface area (Å²) in [6.45, 7) is 1.57. The first-order chi connectivity index (χ1) is 14.6. The van der Waals surface area contributed by atoms with Crippen LogP contribution in [0, 0.1) is 12.7 Å². The highest BCUT2D eigenvalue weighted by molar-refractivity contribution is 9.10. The van der Waals surface area contributed by atoms with E-state index < -0.39 is 23.7 Å². The average molecular weight is 502 g/mol. The van der Waals surface area contributed by atoms with E-state index in [0.29, 0.717) is 33.0 Å². The fourth-order valence-corrected chi connectivity index (χ4v) is 3.85. The molecule has 3 aromatic rings. The molecule has 4 rings (SSSR count). The predicted octanol–water partition coefficient (Wildman–Crippen LogP) is 5.99. The summed E-state index contributed by atoms with van der Waals surface area (Å²) < 4.78 is 66.9. The zero-order valence-corrected chi connectivity index (χ0v) is 17.8. The molecule has 11 heteroatoms. The number of alkyl halides is 4. The van der Waals surface area contributed by atoms with Gasteiger partial charge in [0, 0.05) is 31.0 Å². The number of aromatic nitrogens is 3. The first-order valence-electron chi connectivity index (χ1n) is 9.41. The highest BCUT2D eigenvalue weighted by Crippen LogP contribution is 2.40. The van der Waals surface area contributed by atoms with E-state index in [1.54, 1.807) is 13.0 Å². The van der Waals surface area contributed by atoms with Crippen LogP contribution in [0.1, 0.15) is 36.2 Å². The molecule has 164 valence electrons. The highest BCUT2D eigenvalue weighted by atomic mass is 79.9. The number of halogens is 6.